The van der Waals surface area contributed by atoms with Crippen LogP contribution < -0.4 is 5.14 Å². The summed E-state index contributed by atoms with van der Waals surface area (Å²) in [5.41, 5.74) is 0.286. The van der Waals surface area contributed by atoms with Crippen LogP contribution in [0.5, 0.6) is 0 Å². The molecule has 0 aliphatic heterocycles. The lowest BCUT2D eigenvalue weighted by molar-refractivity contribution is 0.0985. The molecule has 4 nitrogen and oxygen atoms in total. The van der Waals surface area contributed by atoms with Gasteiger partial charge >= 0.3 is 0 Å². The highest BCUT2D eigenvalue weighted by Crippen LogP contribution is 2.13. The number of alkyl halides is 1. The summed E-state index contributed by atoms with van der Waals surface area (Å²) < 4.78 is 22.2. The average molecular weight is 261 g/mol. The van der Waals surface area contributed by atoms with Gasteiger partial charge in [0.1, 0.15) is 5.25 Å². The Morgan fingerprint density at radius 2 is 1.88 bits per heavy atom. The molecule has 1 N–H and O–H groups in total. The molecule has 1 aromatic rings. The summed E-state index contributed by atoms with van der Waals surface area (Å²) in [6.07, 6.45) is -0.0406. The molecule has 16 heavy (non-hydrogen) atoms. The number of carbonyl (C=O) groups excluding carboxylic acids is 1. The third kappa shape index (κ3) is 3.30. The van der Waals surface area contributed by atoms with Crippen LogP contribution in [0.2, 0.25) is 0 Å². The van der Waals surface area contributed by atoms with E-state index in [1.807, 2.05) is 0 Å². The number of Topliss-reactive ketones (excluding diaryl/α,β-unsaturated/α-hetero) is 1. The molecule has 6 heteroatoms. The molecular weight excluding hydrogens is 250 g/mol. The molecule has 0 aromatic heterocycles. The number of benzene rings is 1. The minimum atomic E-state index is -4.16. The zero-order chi connectivity index (χ0) is 12.2. The Hall–Kier alpha value is -0.910. The van der Waals surface area contributed by atoms with E-state index in [1.54, 1.807) is 18.2 Å². The first kappa shape index (κ1) is 13.2. The van der Waals surface area contributed by atoms with Crippen LogP contribution in [0.15, 0.2) is 30.3 Å². The van der Waals surface area contributed by atoms with Crippen LogP contribution in [0.3, 0.4) is 0 Å². The lowest BCUT2D eigenvalue weighted by Crippen LogP contribution is -2.31. The summed E-state index contributed by atoms with van der Waals surface area (Å²) in [5.74, 6) is -0.544. The molecule has 0 spiro atoms. The second-order valence-electron chi connectivity index (χ2n) is 3.24. The quantitative estimate of drug-likeness (QED) is 0.594. The van der Waals surface area contributed by atoms with E-state index in [0.29, 0.717) is 0 Å². The Morgan fingerprint density at radius 3 is 2.31 bits per heavy atom. The summed E-state index contributed by atoms with van der Waals surface area (Å²) in [6, 6.07) is 8.05. The second-order valence-corrected chi connectivity index (χ2v) is 5.28. The molecule has 0 saturated carbocycles. The Balaban J connectivity index is 3.02. The van der Waals surface area contributed by atoms with Crippen LogP contribution in [0, 0.1) is 0 Å². The fraction of sp³-hybridized carbons (Fsp3) is 0.300. The van der Waals surface area contributed by atoms with E-state index in [-0.39, 0.29) is 17.9 Å². The largest absolute Gasteiger partial charge is 0.293 e. The van der Waals surface area contributed by atoms with Gasteiger partial charge in [0.2, 0.25) is 10.0 Å². The van der Waals surface area contributed by atoms with Crippen molar-refractivity contribution in [2.75, 3.05) is 5.88 Å². The van der Waals surface area contributed by atoms with E-state index in [0.717, 1.165) is 0 Å². The van der Waals surface area contributed by atoms with Crippen LogP contribution in [-0.2, 0) is 10.0 Å². The van der Waals surface area contributed by atoms with E-state index in [1.165, 1.54) is 12.1 Å². The molecular formula is C10H11ClNO3S. The summed E-state index contributed by atoms with van der Waals surface area (Å²) in [4.78, 5) is 11.8. The van der Waals surface area contributed by atoms with Gasteiger partial charge in [-0.15, -0.1) is 16.7 Å². The fourth-order valence-electron chi connectivity index (χ4n) is 1.31. The van der Waals surface area contributed by atoms with Gasteiger partial charge in [0.05, 0.1) is 0 Å². The van der Waals surface area contributed by atoms with Crippen LogP contribution in [0.1, 0.15) is 16.8 Å². The van der Waals surface area contributed by atoms with Crippen molar-refractivity contribution in [3.05, 3.63) is 35.9 Å². The van der Waals surface area contributed by atoms with E-state index in [9.17, 15) is 13.2 Å². The standard InChI is InChI=1S/C10H11ClNO3S/c11-7-6-9(16(12,14)15)10(13)8-4-2-1-3-5-8/h1-5,9,12H,6-7H2. The number of sulfonamides is 1. The Kier molecular flexibility index (Phi) is 4.46. The normalized spacial score (nSPS) is 13.4. The molecule has 0 saturated heterocycles. The minimum absolute atomic E-state index is 0.0291. The van der Waals surface area contributed by atoms with Crippen molar-refractivity contribution in [1.82, 2.24) is 5.14 Å². The third-order valence-electron chi connectivity index (χ3n) is 2.10. The molecule has 1 unspecified atom stereocenters. The van der Waals surface area contributed by atoms with Crippen molar-refractivity contribution in [2.45, 2.75) is 11.7 Å². The van der Waals surface area contributed by atoms with E-state index < -0.39 is 21.1 Å². The molecule has 0 heterocycles. The number of hydrogen-bond donors (Lipinski definition) is 0. The van der Waals surface area contributed by atoms with Gasteiger partial charge in [-0.25, -0.2) is 8.42 Å². The van der Waals surface area contributed by atoms with E-state index >= 15 is 0 Å². The first-order valence-electron chi connectivity index (χ1n) is 4.60. The summed E-state index contributed by atoms with van der Waals surface area (Å²) >= 11 is 5.43. The summed E-state index contributed by atoms with van der Waals surface area (Å²) in [7, 11) is -4.16. The summed E-state index contributed by atoms with van der Waals surface area (Å²) in [6.45, 7) is 0. The first-order valence-corrected chi connectivity index (χ1v) is 6.68. The number of halogens is 1. The monoisotopic (exact) mass is 260 g/mol. The Labute approximate surface area is 99.5 Å². The molecule has 87 valence electrons. The zero-order valence-electron chi connectivity index (χ0n) is 8.39. The number of ketones is 1. The summed E-state index contributed by atoms with van der Waals surface area (Å²) in [5, 5.41) is 5.60. The average Bonchev–Trinajstić information content (AvgIpc) is 2.25. The Morgan fingerprint density at radius 1 is 1.31 bits per heavy atom. The molecule has 1 rings (SSSR count). The molecule has 0 aliphatic carbocycles. The van der Waals surface area contributed by atoms with Crippen LogP contribution in [-0.4, -0.2) is 25.3 Å². The van der Waals surface area contributed by atoms with Crippen molar-refractivity contribution in [3.8, 4) is 0 Å². The predicted molar refractivity (Wildman–Crippen MR) is 61.9 cm³/mol. The van der Waals surface area contributed by atoms with E-state index in [2.05, 4.69) is 0 Å². The fourth-order valence-corrected chi connectivity index (χ4v) is 2.51. The number of hydrogen-bond acceptors (Lipinski definition) is 3. The highest BCUT2D eigenvalue weighted by atomic mass is 35.5. The second kappa shape index (κ2) is 5.43. The molecule has 1 radical (unpaired) electrons. The maximum absolute atomic E-state index is 11.8. The lowest BCUT2D eigenvalue weighted by atomic mass is 10.1. The van der Waals surface area contributed by atoms with Gasteiger partial charge in [0.15, 0.2) is 5.78 Å². The molecule has 1 atom stereocenters. The third-order valence-corrected chi connectivity index (χ3v) is 3.51. The van der Waals surface area contributed by atoms with Gasteiger partial charge in [0, 0.05) is 11.4 Å². The van der Waals surface area contributed by atoms with Crippen LogP contribution in [0.4, 0.5) is 0 Å². The highest BCUT2D eigenvalue weighted by Gasteiger charge is 2.30. The SMILES string of the molecule is [NH]S(=O)(=O)C(CCCl)C(=O)c1ccccc1. The number of rotatable bonds is 5. The molecule has 1 aromatic carbocycles. The van der Waals surface area contributed by atoms with Crippen molar-refractivity contribution < 1.29 is 13.2 Å². The minimum Gasteiger partial charge on any atom is -0.293 e. The first-order chi connectivity index (χ1) is 7.46. The van der Waals surface area contributed by atoms with Crippen LogP contribution >= 0.6 is 11.6 Å². The van der Waals surface area contributed by atoms with Crippen molar-refractivity contribution in [1.29, 1.82) is 0 Å². The molecule has 0 aliphatic rings. The molecule has 0 amide bonds. The maximum atomic E-state index is 11.8. The van der Waals surface area contributed by atoms with Crippen molar-refractivity contribution in [2.24, 2.45) is 0 Å². The van der Waals surface area contributed by atoms with Gasteiger partial charge in [-0.3, -0.25) is 4.79 Å². The van der Waals surface area contributed by atoms with Crippen molar-refractivity contribution >= 4 is 27.4 Å². The maximum Gasteiger partial charge on any atom is 0.235 e. The van der Waals surface area contributed by atoms with Gasteiger partial charge < -0.3 is 0 Å². The van der Waals surface area contributed by atoms with Gasteiger partial charge in [-0.1, -0.05) is 30.3 Å². The number of carbonyl (C=O) groups is 1. The molecule has 0 fully saturated rings. The van der Waals surface area contributed by atoms with Gasteiger partial charge in [-0.2, -0.15) is 0 Å². The van der Waals surface area contributed by atoms with Gasteiger partial charge in [-0.05, 0) is 6.42 Å². The van der Waals surface area contributed by atoms with E-state index in [4.69, 9.17) is 16.7 Å². The molecule has 0 bridgehead atoms. The highest BCUT2D eigenvalue weighted by molar-refractivity contribution is 7.90. The predicted octanol–water partition coefficient (Wildman–Crippen LogP) is 1.48. The zero-order valence-corrected chi connectivity index (χ0v) is 9.96. The van der Waals surface area contributed by atoms with Gasteiger partial charge in [0.25, 0.3) is 0 Å². The van der Waals surface area contributed by atoms with Crippen LogP contribution in [0.25, 0.3) is 0 Å². The Bertz CT molecular complexity index is 458. The lowest BCUT2D eigenvalue weighted by Gasteiger charge is -2.11. The van der Waals surface area contributed by atoms with Crippen molar-refractivity contribution in [3.63, 3.8) is 0 Å². The topological polar surface area (TPSA) is 75.0 Å². The smallest absolute Gasteiger partial charge is 0.235 e. The number of nitrogens with one attached hydrogen (secondary N) is 1.